The van der Waals surface area contributed by atoms with E-state index in [1.165, 1.54) is 0 Å². The maximum atomic E-state index is 12.6. The number of halogens is 2. The number of rotatable bonds is 5. The van der Waals surface area contributed by atoms with Crippen molar-refractivity contribution in [3.63, 3.8) is 0 Å². The molecule has 2 aromatic rings. The van der Waals surface area contributed by atoms with Gasteiger partial charge < -0.3 is 14.4 Å². The Morgan fingerprint density at radius 2 is 2.04 bits per heavy atom. The molecule has 1 atom stereocenters. The first kappa shape index (κ1) is 18.1. The van der Waals surface area contributed by atoms with Gasteiger partial charge in [-0.25, -0.2) is 0 Å². The van der Waals surface area contributed by atoms with Crippen LogP contribution in [0.2, 0.25) is 5.02 Å². The molecule has 0 N–H and O–H groups in total. The first-order valence-corrected chi connectivity index (χ1v) is 9.27. The van der Waals surface area contributed by atoms with Gasteiger partial charge in [0.25, 0.3) is 5.91 Å². The average Bonchev–Trinajstić information content (AvgIpc) is 3.10. The molecule has 1 aliphatic heterocycles. The van der Waals surface area contributed by atoms with E-state index in [0.29, 0.717) is 10.8 Å². The minimum atomic E-state index is -0.0137. The molecular weight excluding hydrogens is 406 g/mol. The van der Waals surface area contributed by atoms with Crippen LogP contribution in [0.1, 0.15) is 24.4 Å². The molecule has 6 heteroatoms. The zero-order valence-corrected chi connectivity index (χ0v) is 16.2. The molecular formula is C19H19BrClNO3. The molecule has 1 heterocycles. The molecule has 1 unspecified atom stereocenters. The van der Waals surface area contributed by atoms with Crippen LogP contribution in [0.3, 0.4) is 0 Å². The summed E-state index contributed by atoms with van der Waals surface area (Å²) in [4.78, 5) is 14.5. The lowest BCUT2D eigenvalue weighted by Crippen LogP contribution is -2.34. The molecule has 0 spiro atoms. The molecule has 1 aliphatic rings. The van der Waals surface area contributed by atoms with Gasteiger partial charge in [-0.3, -0.25) is 4.79 Å². The Labute approximate surface area is 160 Å². The molecule has 0 radical (unpaired) electrons. The van der Waals surface area contributed by atoms with Crippen LogP contribution in [0, 0.1) is 0 Å². The predicted octanol–water partition coefficient (Wildman–Crippen LogP) is 4.85. The van der Waals surface area contributed by atoms with Crippen LogP contribution >= 0.6 is 27.5 Å². The number of hydrogen-bond donors (Lipinski definition) is 0. The van der Waals surface area contributed by atoms with Gasteiger partial charge in [-0.15, -0.1) is 0 Å². The molecule has 1 fully saturated rings. The summed E-state index contributed by atoms with van der Waals surface area (Å²) in [5.41, 5.74) is 1.12. The number of likely N-dealkylation sites (tertiary alicyclic amines) is 1. The van der Waals surface area contributed by atoms with Gasteiger partial charge in [-0.1, -0.05) is 23.7 Å². The van der Waals surface area contributed by atoms with Crippen molar-refractivity contribution in [2.45, 2.75) is 18.9 Å². The van der Waals surface area contributed by atoms with E-state index in [2.05, 4.69) is 15.9 Å². The number of amides is 1. The highest BCUT2D eigenvalue weighted by atomic mass is 79.9. The second-order valence-electron chi connectivity index (χ2n) is 5.88. The van der Waals surface area contributed by atoms with Gasteiger partial charge in [0.15, 0.2) is 6.61 Å². The molecule has 25 heavy (non-hydrogen) atoms. The maximum Gasteiger partial charge on any atom is 0.261 e. The SMILES string of the molecule is COc1ccc(C2CCCN2C(=O)COc2ccc(Cl)cc2Br)cc1. The monoisotopic (exact) mass is 423 g/mol. The van der Waals surface area contributed by atoms with Gasteiger partial charge in [0.2, 0.25) is 0 Å². The van der Waals surface area contributed by atoms with Crippen molar-refractivity contribution in [2.24, 2.45) is 0 Å². The number of hydrogen-bond acceptors (Lipinski definition) is 3. The Morgan fingerprint density at radius 3 is 2.72 bits per heavy atom. The highest BCUT2D eigenvalue weighted by Gasteiger charge is 2.30. The summed E-state index contributed by atoms with van der Waals surface area (Å²) in [6.07, 6.45) is 1.95. The normalized spacial score (nSPS) is 16.8. The first-order chi connectivity index (χ1) is 12.1. The molecule has 1 amide bonds. The van der Waals surface area contributed by atoms with E-state index < -0.39 is 0 Å². The summed E-state index contributed by atoms with van der Waals surface area (Å²) in [5, 5.41) is 0.615. The minimum Gasteiger partial charge on any atom is -0.497 e. The van der Waals surface area contributed by atoms with Crippen LogP contribution in [0.4, 0.5) is 0 Å². The number of benzene rings is 2. The highest BCUT2D eigenvalue weighted by Crippen LogP contribution is 2.33. The molecule has 0 aliphatic carbocycles. The van der Waals surface area contributed by atoms with Gasteiger partial charge in [-0.05, 0) is 64.7 Å². The second-order valence-corrected chi connectivity index (χ2v) is 7.17. The smallest absolute Gasteiger partial charge is 0.261 e. The number of carbonyl (C=O) groups is 1. The Morgan fingerprint density at radius 1 is 1.28 bits per heavy atom. The zero-order valence-electron chi connectivity index (χ0n) is 13.9. The zero-order chi connectivity index (χ0) is 17.8. The van der Waals surface area contributed by atoms with Crippen LogP contribution in [0.15, 0.2) is 46.9 Å². The molecule has 4 nitrogen and oxygen atoms in total. The van der Waals surface area contributed by atoms with E-state index in [4.69, 9.17) is 21.1 Å². The first-order valence-electron chi connectivity index (χ1n) is 8.10. The summed E-state index contributed by atoms with van der Waals surface area (Å²) in [7, 11) is 1.65. The molecule has 132 valence electrons. The third-order valence-electron chi connectivity index (χ3n) is 4.32. The third kappa shape index (κ3) is 4.28. The van der Waals surface area contributed by atoms with Crippen LogP contribution < -0.4 is 9.47 Å². The Hall–Kier alpha value is -1.72. The highest BCUT2D eigenvalue weighted by molar-refractivity contribution is 9.10. The largest absolute Gasteiger partial charge is 0.497 e. The number of nitrogens with zero attached hydrogens (tertiary/aromatic N) is 1. The van der Waals surface area contributed by atoms with E-state index in [1.54, 1.807) is 25.3 Å². The van der Waals surface area contributed by atoms with E-state index in [1.807, 2.05) is 29.2 Å². The molecule has 2 aromatic carbocycles. The van der Waals surface area contributed by atoms with Gasteiger partial charge in [0, 0.05) is 11.6 Å². The molecule has 0 bridgehead atoms. The van der Waals surface area contributed by atoms with E-state index in [9.17, 15) is 4.79 Å². The van der Waals surface area contributed by atoms with Crippen LogP contribution in [-0.2, 0) is 4.79 Å². The van der Waals surface area contributed by atoms with Gasteiger partial charge >= 0.3 is 0 Å². The lowest BCUT2D eigenvalue weighted by molar-refractivity contribution is -0.134. The van der Waals surface area contributed by atoms with Gasteiger partial charge in [0.1, 0.15) is 11.5 Å². The van der Waals surface area contributed by atoms with E-state index >= 15 is 0 Å². The van der Waals surface area contributed by atoms with Gasteiger partial charge in [0.05, 0.1) is 17.6 Å². The predicted molar refractivity (Wildman–Crippen MR) is 101 cm³/mol. The number of ether oxygens (including phenoxy) is 2. The molecule has 3 rings (SSSR count). The molecule has 0 saturated carbocycles. The topological polar surface area (TPSA) is 38.8 Å². The van der Waals surface area contributed by atoms with Crippen molar-refractivity contribution in [2.75, 3.05) is 20.3 Å². The average molecular weight is 425 g/mol. The fourth-order valence-corrected chi connectivity index (χ4v) is 3.85. The summed E-state index contributed by atoms with van der Waals surface area (Å²) >= 11 is 9.32. The van der Waals surface area contributed by atoms with Crippen molar-refractivity contribution < 1.29 is 14.3 Å². The van der Waals surface area contributed by atoms with Crippen molar-refractivity contribution in [1.29, 1.82) is 0 Å². The fraction of sp³-hybridized carbons (Fsp3) is 0.316. The van der Waals surface area contributed by atoms with E-state index in [-0.39, 0.29) is 18.6 Å². The second kappa shape index (κ2) is 8.11. The fourth-order valence-electron chi connectivity index (χ4n) is 3.05. The lowest BCUT2D eigenvalue weighted by Gasteiger charge is -2.25. The maximum absolute atomic E-state index is 12.6. The van der Waals surface area contributed by atoms with Crippen molar-refractivity contribution in [1.82, 2.24) is 4.90 Å². The standard InChI is InChI=1S/C19H19BrClNO3/c1-24-15-7-4-13(5-8-15)17-3-2-10-22(17)19(23)12-25-18-9-6-14(21)11-16(18)20/h4-9,11,17H,2-3,10,12H2,1H3. The van der Waals surface area contributed by atoms with E-state index in [0.717, 1.165) is 35.2 Å². The number of carbonyl (C=O) groups excluding carboxylic acids is 1. The van der Waals surface area contributed by atoms with Crippen LogP contribution in [0.25, 0.3) is 0 Å². The summed E-state index contributed by atoms with van der Waals surface area (Å²) in [5.74, 6) is 1.41. The summed E-state index contributed by atoms with van der Waals surface area (Å²) in [6, 6.07) is 13.2. The van der Waals surface area contributed by atoms with Crippen molar-refractivity contribution in [3.8, 4) is 11.5 Å². The molecule has 1 saturated heterocycles. The summed E-state index contributed by atoms with van der Waals surface area (Å²) in [6.45, 7) is 0.758. The van der Waals surface area contributed by atoms with Crippen LogP contribution in [-0.4, -0.2) is 31.1 Å². The minimum absolute atomic E-state index is 0.00683. The Bertz CT molecular complexity index is 751. The van der Waals surface area contributed by atoms with Crippen molar-refractivity contribution in [3.05, 3.63) is 57.5 Å². The Kier molecular flexibility index (Phi) is 5.86. The summed E-state index contributed by atoms with van der Waals surface area (Å²) < 4.78 is 11.6. The quantitative estimate of drug-likeness (QED) is 0.688. The van der Waals surface area contributed by atoms with Crippen molar-refractivity contribution >= 4 is 33.4 Å². The third-order valence-corrected chi connectivity index (χ3v) is 5.17. The van der Waals surface area contributed by atoms with Gasteiger partial charge in [-0.2, -0.15) is 0 Å². The van der Waals surface area contributed by atoms with Crippen LogP contribution in [0.5, 0.6) is 11.5 Å². The number of methoxy groups -OCH3 is 1. The molecule has 0 aromatic heterocycles. The Balaban J connectivity index is 1.65. The lowest BCUT2D eigenvalue weighted by atomic mass is 10.0.